The van der Waals surface area contributed by atoms with Crippen LogP contribution >= 0.6 is 0 Å². The Labute approximate surface area is 108 Å². The molecule has 4 heteroatoms. The van der Waals surface area contributed by atoms with Crippen molar-refractivity contribution >= 4 is 11.9 Å². The highest BCUT2D eigenvalue weighted by atomic mass is 16.4. The van der Waals surface area contributed by atoms with E-state index < -0.39 is 5.97 Å². The van der Waals surface area contributed by atoms with Gasteiger partial charge in [-0.2, -0.15) is 0 Å². The number of nitrogens with zero attached hydrogens (tertiary/aromatic N) is 1. The second-order valence-corrected chi connectivity index (χ2v) is 5.38. The van der Waals surface area contributed by atoms with Crippen LogP contribution in [-0.4, -0.2) is 35.0 Å². The molecule has 0 spiro atoms. The molecular formula is C14H21NO3. The fraction of sp³-hybridized carbons (Fsp3) is 0.714. The van der Waals surface area contributed by atoms with Gasteiger partial charge in [0, 0.05) is 25.6 Å². The molecule has 1 unspecified atom stereocenters. The Bertz CT molecular complexity index is 356. The summed E-state index contributed by atoms with van der Waals surface area (Å²) in [7, 11) is 0. The van der Waals surface area contributed by atoms with E-state index in [-0.39, 0.29) is 18.2 Å². The van der Waals surface area contributed by atoms with Crippen molar-refractivity contribution in [1.82, 2.24) is 4.90 Å². The lowest BCUT2D eigenvalue weighted by atomic mass is 9.92. The fourth-order valence-electron chi connectivity index (χ4n) is 2.63. The maximum Gasteiger partial charge on any atom is 0.303 e. The molecule has 18 heavy (non-hydrogen) atoms. The number of hydrogen-bond donors (Lipinski definition) is 1. The first-order valence-corrected chi connectivity index (χ1v) is 6.85. The smallest absolute Gasteiger partial charge is 0.303 e. The van der Waals surface area contributed by atoms with Crippen molar-refractivity contribution in [2.45, 2.75) is 44.9 Å². The number of hydrogen-bond acceptors (Lipinski definition) is 2. The van der Waals surface area contributed by atoms with Crippen molar-refractivity contribution in [3.8, 4) is 0 Å². The molecule has 1 amide bonds. The maximum atomic E-state index is 12.0. The molecule has 1 heterocycles. The molecule has 0 bridgehead atoms. The summed E-state index contributed by atoms with van der Waals surface area (Å²) in [6.07, 6.45) is 8.05. The first kappa shape index (κ1) is 13.1. The van der Waals surface area contributed by atoms with E-state index in [1.165, 1.54) is 12.0 Å². The molecule has 1 atom stereocenters. The van der Waals surface area contributed by atoms with E-state index in [0.717, 1.165) is 38.6 Å². The second-order valence-electron chi connectivity index (χ2n) is 5.38. The predicted molar refractivity (Wildman–Crippen MR) is 68.1 cm³/mol. The lowest BCUT2D eigenvalue weighted by Gasteiger charge is -2.21. The third-order valence-electron chi connectivity index (χ3n) is 3.95. The average Bonchev–Trinajstić information content (AvgIpc) is 2.48. The molecular weight excluding hydrogens is 230 g/mol. The van der Waals surface area contributed by atoms with Crippen LogP contribution in [0.5, 0.6) is 0 Å². The summed E-state index contributed by atoms with van der Waals surface area (Å²) in [6, 6.07) is 0. The number of carbonyl (C=O) groups excluding carboxylic acids is 1. The Kier molecular flexibility index (Phi) is 4.39. The zero-order valence-electron chi connectivity index (χ0n) is 10.7. The van der Waals surface area contributed by atoms with Gasteiger partial charge in [-0.3, -0.25) is 9.59 Å². The number of carbonyl (C=O) groups is 2. The van der Waals surface area contributed by atoms with Crippen LogP contribution in [0.2, 0.25) is 0 Å². The molecule has 0 aromatic carbocycles. The first-order chi connectivity index (χ1) is 8.65. The minimum Gasteiger partial charge on any atom is -0.481 e. The quantitative estimate of drug-likeness (QED) is 0.782. The summed E-state index contributed by atoms with van der Waals surface area (Å²) in [5, 5.41) is 8.80. The van der Waals surface area contributed by atoms with Gasteiger partial charge in [0.05, 0.1) is 0 Å². The van der Waals surface area contributed by atoms with Gasteiger partial charge in [-0.05, 0) is 44.4 Å². The Morgan fingerprint density at radius 1 is 1.22 bits per heavy atom. The number of amides is 1. The van der Waals surface area contributed by atoms with Crippen molar-refractivity contribution in [2.75, 3.05) is 13.1 Å². The van der Waals surface area contributed by atoms with Crippen LogP contribution < -0.4 is 0 Å². The Balaban J connectivity index is 1.84. The highest BCUT2D eigenvalue weighted by molar-refractivity contribution is 5.88. The van der Waals surface area contributed by atoms with Crippen LogP contribution in [0.25, 0.3) is 0 Å². The van der Waals surface area contributed by atoms with Crippen LogP contribution in [0.4, 0.5) is 0 Å². The summed E-state index contributed by atoms with van der Waals surface area (Å²) in [4.78, 5) is 24.6. The number of rotatable bonds is 3. The third kappa shape index (κ3) is 3.59. The van der Waals surface area contributed by atoms with Gasteiger partial charge < -0.3 is 10.0 Å². The van der Waals surface area contributed by atoms with Crippen molar-refractivity contribution in [3.63, 3.8) is 0 Å². The van der Waals surface area contributed by atoms with Gasteiger partial charge in [0.1, 0.15) is 0 Å². The van der Waals surface area contributed by atoms with Crippen LogP contribution in [0, 0.1) is 5.92 Å². The Morgan fingerprint density at radius 3 is 2.61 bits per heavy atom. The zero-order chi connectivity index (χ0) is 13.0. The van der Waals surface area contributed by atoms with Gasteiger partial charge >= 0.3 is 5.97 Å². The molecule has 2 rings (SSSR count). The summed E-state index contributed by atoms with van der Waals surface area (Å²) in [5.74, 6) is -0.367. The molecule has 4 nitrogen and oxygen atoms in total. The van der Waals surface area contributed by atoms with Crippen molar-refractivity contribution in [1.29, 1.82) is 0 Å². The Hall–Kier alpha value is -1.32. The van der Waals surface area contributed by atoms with Gasteiger partial charge in [-0.15, -0.1) is 0 Å². The Morgan fingerprint density at radius 2 is 2.00 bits per heavy atom. The number of allylic oxidation sites excluding steroid dienone is 1. The zero-order valence-corrected chi connectivity index (χ0v) is 10.7. The molecule has 0 aromatic heterocycles. The second kappa shape index (κ2) is 6.03. The summed E-state index contributed by atoms with van der Waals surface area (Å²) < 4.78 is 0. The summed E-state index contributed by atoms with van der Waals surface area (Å²) >= 11 is 0. The van der Waals surface area contributed by atoms with E-state index in [1.54, 1.807) is 6.08 Å². The monoisotopic (exact) mass is 251 g/mol. The normalized spacial score (nSPS) is 24.1. The molecule has 1 aliphatic carbocycles. The highest BCUT2D eigenvalue weighted by Crippen LogP contribution is 2.26. The first-order valence-electron chi connectivity index (χ1n) is 6.85. The van der Waals surface area contributed by atoms with E-state index in [0.29, 0.717) is 6.54 Å². The third-order valence-corrected chi connectivity index (χ3v) is 3.95. The van der Waals surface area contributed by atoms with Crippen molar-refractivity contribution in [2.24, 2.45) is 5.92 Å². The highest BCUT2D eigenvalue weighted by Gasteiger charge is 2.22. The lowest BCUT2D eigenvalue weighted by Crippen LogP contribution is -2.31. The summed E-state index contributed by atoms with van der Waals surface area (Å²) in [5.41, 5.74) is 1.27. The standard InChI is InChI=1S/C14H21NO3/c16-13(9-11-3-1-4-11)15-7-2-5-12(6-8-15)10-14(17)18/h9,12H,1-8,10H2,(H,17,18). The molecule has 1 saturated heterocycles. The molecule has 0 radical (unpaired) electrons. The molecule has 2 aliphatic rings. The van der Waals surface area contributed by atoms with Crippen molar-refractivity contribution in [3.05, 3.63) is 11.6 Å². The van der Waals surface area contributed by atoms with E-state index in [2.05, 4.69) is 0 Å². The molecule has 2 fully saturated rings. The summed E-state index contributed by atoms with van der Waals surface area (Å²) in [6.45, 7) is 1.49. The largest absolute Gasteiger partial charge is 0.481 e. The number of carboxylic acid groups (broad SMARTS) is 1. The van der Waals surface area contributed by atoms with Gasteiger partial charge in [0.25, 0.3) is 0 Å². The molecule has 1 N–H and O–H groups in total. The average molecular weight is 251 g/mol. The molecule has 1 saturated carbocycles. The fourth-order valence-corrected chi connectivity index (χ4v) is 2.63. The van der Waals surface area contributed by atoms with E-state index in [1.807, 2.05) is 4.90 Å². The lowest BCUT2D eigenvalue weighted by molar-refractivity contribution is -0.138. The molecule has 1 aliphatic heterocycles. The van der Waals surface area contributed by atoms with Crippen molar-refractivity contribution < 1.29 is 14.7 Å². The number of carboxylic acids is 1. The minimum absolute atomic E-state index is 0.126. The van der Waals surface area contributed by atoms with E-state index >= 15 is 0 Å². The predicted octanol–water partition coefficient (Wildman–Crippen LogP) is 2.20. The maximum absolute atomic E-state index is 12.0. The molecule has 100 valence electrons. The SMILES string of the molecule is O=C(O)CC1CCCN(C(=O)C=C2CCC2)CC1. The molecule has 0 aromatic rings. The number of aliphatic carboxylic acids is 1. The van der Waals surface area contributed by atoms with Gasteiger partial charge in [-0.1, -0.05) is 5.57 Å². The van der Waals surface area contributed by atoms with E-state index in [4.69, 9.17) is 5.11 Å². The topological polar surface area (TPSA) is 57.6 Å². The van der Waals surface area contributed by atoms with Gasteiger partial charge in [0.2, 0.25) is 5.91 Å². The minimum atomic E-state index is -0.726. The van der Waals surface area contributed by atoms with Crippen LogP contribution in [0.15, 0.2) is 11.6 Å². The van der Waals surface area contributed by atoms with Gasteiger partial charge in [-0.25, -0.2) is 0 Å². The van der Waals surface area contributed by atoms with Gasteiger partial charge in [0.15, 0.2) is 0 Å². The van der Waals surface area contributed by atoms with Crippen LogP contribution in [-0.2, 0) is 9.59 Å². The van der Waals surface area contributed by atoms with Crippen LogP contribution in [0.1, 0.15) is 44.9 Å². The van der Waals surface area contributed by atoms with E-state index in [9.17, 15) is 9.59 Å². The number of likely N-dealkylation sites (tertiary alicyclic amines) is 1. The van der Waals surface area contributed by atoms with Crippen LogP contribution in [0.3, 0.4) is 0 Å².